The molecule has 0 bridgehead atoms. The second-order valence-electron chi connectivity index (χ2n) is 10.7. The minimum atomic E-state index is -0.629. The summed E-state index contributed by atoms with van der Waals surface area (Å²) in [5.74, 6) is 1.04. The molecule has 3 aliphatic rings. The summed E-state index contributed by atoms with van der Waals surface area (Å²) in [6, 6.07) is 0. The van der Waals surface area contributed by atoms with Gasteiger partial charge in [-0.3, -0.25) is 0 Å². The number of hydrogen-bond acceptors (Lipinski definition) is 3. The third-order valence-corrected chi connectivity index (χ3v) is 8.77. The predicted octanol–water partition coefficient (Wildman–Crippen LogP) is 6.01. The molecule has 0 heterocycles. The van der Waals surface area contributed by atoms with E-state index in [9.17, 15) is 15.3 Å². The molecule has 3 N–H and O–H groups in total. The SMILES string of the molecule is C=C1/C(=C\C=C2/CCC[C@]3(C)C([C@@H](C)CCC(O)(CC)CC)=CCC23)C[C@@H](O)C[C@@H]1O. The van der Waals surface area contributed by atoms with Gasteiger partial charge in [0.15, 0.2) is 0 Å². The molecule has 3 nitrogen and oxygen atoms in total. The fourth-order valence-corrected chi connectivity index (χ4v) is 6.33. The van der Waals surface area contributed by atoms with Crippen molar-refractivity contribution in [1.29, 1.82) is 0 Å². The van der Waals surface area contributed by atoms with Gasteiger partial charge in [0, 0.05) is 6.42 Å². The molecule has 5 atom stereocenters. The van der Waals surface area contributed by atoms with Gasteiger partial charge in [-0.05, 0) is 86.2 Å². The van der Waals surface area contributed by atoms with E-state index >= 15 is 0 Å². The number of rotatable bonds is 7. The Kier molecular flexibility index (Phi) is 7.71. The highest BCUT2D eigenvalue weighted by Gasteiger charge is 2.46. The van der Waals surface area contributed by atoms with E-state index in [1.54, 1.807) is 5.57 Å². The van der Waals surface area contributed by atoms with Gasteiger partial charge in [0.25, 0.3) is 0 Å². The molecule has 0 amide bonds. The summed E-state index contributed by atoms with van der Waals surface area (Å²) in [5.41, 5.74) is 4.54. The minimum absolute atomic E-state index is 0.209. The number of hydrogen-bond donors (Lipinski definition) is 3. The van der Waals surface area contributed by atoms with Gasteiger partial charge in [0.1, 0.15) is 0 Å². The minimum Gasteiger partial charge on any atom is -0.393 e. The molecule has 0 spiro atoms. The van der Waals surface area contributed by atoms with Gasteiger partial charge >= 0.3 is 0 Å². The van der Waals surface area contributed by atoms with Crippen LogP contribution in [0.1, 0.15) is 91.9 Å². The Morgan fingerprint density at radius 3 is 2.65 bits per heavy atom. The molecule has 0 saturated heterocycles. The van der Waals surface area contributed by atoms with E-state index in [1.807, 2.05) is 0 Å². The summed E-state index contributed by atoms with van der Waals surface area (Å²) in [7, 11) is 0. The van der Waals surface area contributed by atoms with Gasteiger partial charge in [-0.25, -0.2) is 0 Å². The third-order valence-electron chi connectivity index (χ3n) is 8.77. The first-order valence-corrected chi connectivity index (χ1v) is 12.5. The normalized spacial score (nSPS) is 35.4. The molecule has 2 fully saturated rings. The van der Waals surface area contributed by atoms with Crippen LogP contribution in [-0.2, 0) is 0 Å². The summed E-state index contributed by atoms with van der Waals surface area (Å²) in [4.78, 5) is 0. The van der Waals surface area contributed by atoms with Crippen molar-refractivity contribution in [1.82, 2.24) is 0 Å². The smallest absolute Gasteiger partial charge is 0.0811 e. The first-order valence-electron chi connectivity index (χ1n) is 12.5. The quantitative estimate of drug-likeness (QED) is 0.435. The van der Waals surface area contributed by atoms with E-state index < -0.39 is 17.8 Å². The van der Waals surface area contributed by atoms with Gasteiger partial charge in [-0.15, -0.1) is 0 Å². The zero-order valence-corrected chi connectivity index (χ0v) is 20.2. The van der Waals surface area contributed by atoms with Crippen molar-refractivity contribution in [3.05, 3.63) is 47.1 Å². The van der Waals surface area contributed by atoms with Gasteiger partial charge in [0.2, 0.25) is 0 Å². The van der Waals surface area contributed by atoms with Crippen molar-refractivity contribution in [2.45, 2.75) is 110 Å². The molecular formula is C28H44O3. The van der Waals surface area contributed by atoms with E-state index in [-0.39, 0.29) is 5.41 Å². The Hall–Kier alpha value is -1.16. The second kappa shape index (κ2) is 9.77. The maximum atomic E-state index is 10.7. The fraction of sp³-hybridized carbons (Fsp3) is 0.714. The Morgan fingerprint density at radius 2 is 1.97 bits per heavy atom. The Bertz CT molecular complexity index is 754. The molecule has 0 aromatic rings. The summed E-state index contributed by atoms with van der Waals surface area (Å²) >= 11 is 0. The van der Waals surface area contributed by atoms with Gasteiger partial charge < -0.3 is 15.3 Å². The van der Waals surface area contributed by atoms with Crippen LogP contribution in [0.5, 0.6) is 0 Å². The Balaban J connectivity index is 1.73. The average Bonchev–Trinajstić information content (AvgIpc) is 3.10. The molecule has 0 radical (unpaired) electrons. The molecule has 0 aromatic heterocycles. The highest BCUT2D eigenvalue weighted by atomic mass is 16.3. The summed E-state index contributed by atoms with van der Waals surface area (Å²) in [6.45, 7) is 13.0. The lowest BCUT2D eigenvalue weighted by molar-refractivity contribution is 0.0184. The highest BCUT2D eigenvalue weighted by molar-refractivity contribution is 5.40. The molecule has 3 aliphatic carbocycles. The molecule has 1 unspecified atom stereocenters. The fourth-order valence-electron chi connectivity index (χ4n) is 6.33. The molecule has 3 rings (SSSR count). The molecular weight excluding hydrogens is 384 g/mol. The lowest BCUT2D eigenvalue weighted by atomic mass is 9.62. The van der Waals surface area contributed by atoms with E-state index in [0.29, 0.717) is 24.7 Å². The molecule has 0 aromatic carbocycles. The van der Waals surface area contributed by atoms with Crippen molar-refractivity contribution in [3.63, 3.8) is 0 Å². The predicted molar refractivity (Wildman–Crippen MR) is 129 cm³/mol. The lowest BCUT2D eigenvalue weighted by Gasteiger charge is -2.43. The maximum absolute atomic E-state index is 10.7. The number of allylic oxidation sites excluding steroid dienone is 5. The number of aliphatic hydroxyl groups is 3. The molecule has 174 valence electrons. The van der Waals surface area contributed by atoms with Gasteiger partial charge in [-0.2, -0.15) is 0 Å². The van der Waals surface area contributed by atoms with E-state index in [0.717, 1.165) is 49.7 Å². The lowest BCUT2D eigenvalue weighted by Crippen LogP contribution is -2.33. The molecule has 31 heavy (non-hydrogen) atoms. The second-order valence-corrected chi connectivity index (χ2v) is 10.7. The largest absolute Gasteiger partial charge is 0.393 e. The van der Waals surface area contributed by atoms with Gasteiger partial charge in [-0.1, -0.05) is 63.6 Å². The summed E-state index contributed by atoms with van der Waals surface area (Å²) in [5, 5.41) is 30.9. The Labute approximate surface area is 189 Å². The molecule has 2 saturated carbocycles. The zero-order valence-electron chi connectivity index (χ0n) is 20.2. The summed E-state index contributed by atoms with van der Waals surface area (Å²) in [6.07, 6.45) is 15.0. The van der Waals surface area contributed by atoms with Crippen LogP contribution in [0.4, 0.5) is 0 Å². The van der Waals surface area contributed by atoms with Crippen molar-refractivity contribution in [3.8, 4) is 0 Å². The Morgan fingerprint density at radius 1 is 1.26 bits per heavy atom. The first kappa shape index (κ1) is 24.5. The van der Waals surface area contributed by atoms with Crippen molar-refractivity contribution < 1.29 is 15.3 Å². The maximum Gasteiger partial charge on any atom is 0.0811 e. The van der Waals surface area contributed by atoms with Crippen molar-refractivity contribution in [2.24, 2.45) is 17.3 Å². The van der Waals surface area contributed by atoms with Crippen molar-refractivity contribution >= 4 is 0 Å². The van der Waals surface area contributed by atoms with Gasteiger partial charge in [0.05, 0.1) is 17.8 Å². The van der Waals surface area contributed by atoms with Crippen LogP contribution in [-0.4, -0.2) is 33.1 Å². The van der Waals surface area contributed by atoms with Crippen LogP contribution in [0.3, 0.4) is 0 Å². The van der Waals surface area contributed by atoms with Crippen LogP contribution >= 0.6 is 0 Å². The molecule has 3 heteroatoms. The van der Waals surface area contributed by atoms with Crippen LogP contribution in [0.15, 0.2) is 47.1 Å². The third kappa shape index (κ3) is 5.10. The van der Waals surface area contributed by atoms with Crippen LogP contribution < -0.4 is 0 Å². The number of fused-ring (bicyclic) bond motifs is 1. The van der Waals surface area contributed by atoms with E-state index in [4.69, 9.17) is 0 Å². The number of aliphatic hydroxyl groups excluding tert-OH is 2. The monoisotopic (exact) mass is 428 g/mol. The first-order chi connectivity index (χ1) is 14.6. The summed E-state index contributed by atoms with van der Waals surface area (Å²) < 4.78 is 0. The van der Waals surface area contributed by atoms with Crippen LogP contribution in [0.2, 0.25) is 0 Å². The van der Waals surface area contributed by atoms with Crippen LogP contribution in [0, 0.1) is 17.3 Å². The zero-order chi connectivity index (χ0) is 22.8. The molecule has 0 aliphatic heterocycles. The van der Waals surface area contributed by atoms with Crippen LogP contribution in [0.25, 0.3) is 0 Å². The highest BCUT2D eigenvalue weighted by Crippen LogP contribution is 2.57. The standard InChI is InChI=1S/C28H44O3/c1-6-28(31,7-2)16-14-19(3)24-12-13-25-21(9-8-15-27(24,25)5)10-11-22-17-23(29)18-26(30)20(22)4/h10-12,19,23,25-26,29-31H,4,6-9,13-18H2,1-3,5H3/b21-10+,22-11-/t19-,23+,25?,26-,27+/m0/s1. The topological polar surface area (TPSA) is 60.7 Å². The van der Waals surface area contributed by atoms with E-state index in [1.165, 1.54) is 18.4 Å². The van der Waals surface area contributed by atoms with Crippen molar-refractivity contribution in [2.75, 3.05) is 0 Å². The van der Waals surface area contributed by atoms with E-state index in [2.05, 4.69) is 52.5 Å². The average molecular weight is 429 g/mol.